The quantitative estimate of drug-likeness (QED) is 0.751. The first kappa shape index (κ1) is 16.5. The molecule has 3 aromatic rings. The van der Waals surface area contributed by atoms with E-state index >= 15 is 0 Å². The molecule has 2 N–H and O–H groups in total. The monoisotopic (exact) mass is 344 g/mol. The highest BCUT2D eigenvalue weighted by atomic mass is 16.5. The molecular formula is C18H16O7. The van der Waals surface area contributed by atoms with Gasteiger partial charge in [-0.15, -0.1) is 0 Å². The number of ether oxygens (including phenoxy) is 3. The van der Waals surface area contributed by atoms with Crippen molar-refractivity contribution in [3.8, 4) is 40.1 Å². The second-order valence-electron chi connectivity index (χ2n) is 5.16. The van der Waals surface area contributed by atoms with Crippen molar-refractivity contribution in [2.45, 2.75) is 0 Å². The van der Waals surface area contributed by atoms with Gasteiger partial charge in [-0.25, -0.2) is 0 Å². The topological polar surface area (TPSA) is 98.4 Å². The van der Waals surface area contributed by atoms with Crippen LogP contribution in [0, 0.1) is 0 Å². The molecule has 0 bridgehead atoms. The fraction of sp³-hybridized carbons (Fsp3) is 0.167. The van der Waals surface area contributed by atoms with Gasteiger partial charge in [0.25, 0.3) is 0 Å². The van der Waals surface area contributed by atoms with E-state index in [1.54, 1.807) is 0 Å². The average Bonchev–Trinajstić information content (AvgIpc) is 2.59. The van der Waals surface area contributed by atoms with Crippen LogP contribution in [0.5, 0.6) is 28.7 Å². The Morgan fingerprint density at radius 3 is 2.12 bits per heavy atom. The van der Waals surface area contributed by atoms with Crippen LogP contribution in [0.3, 0.4) is 0 Å². The molecule has 1 heterocycles. The number of benzene rings is 2. The molecule has 0 unspecified atom stereocenters. The molecule has 0 aliphatic heterocycles. The summed E-state index contributed by atoms with van der Waals surface area (Å²) < 4.78 is 21.6. The fourth-order valence-corrected chi connectivity index (χ4v) is 2.67. The molecule has 0 atom stereocenters. The second kappa shape index (κ2) is 6.27. The molecule has 0 fully saturated rings. The Balaban J connectivity index is 2.45. The van der Waals surface area contributed by atoms with Gasteiger partial charge in [-0.2, -0.15) is 0 Å². The summed E-state index contributed by atoms with van der Waals surface area (Å²) in [5.41, 5.74) is -0.328. The maximum Gasteiger partial charge on any atom is 0.205 e. The molecule has 0 saturated heterocycles. The summed E-state index contributed by atoms with van der Waals surface area (Å²) >= 11 is 0. The highest BCUT2D eigenvalue weighted by Crippen LogP contribution is 2.43. The molecule has 0 aliphatic rings. The lowest BCUT2D eigenvalue weighted by atomic mass is 10.1. The highest BCUT2D eigenvalue weighted by Gasteiger charge is 2.22. The second-order valence-corrected chi connectivity index (χ2v) is 5.16. The predicted molar refractivity (Wildman–Crippen MR) is 90.9 cm³/mol. The number of phenolic OH excluding ortho intramolecular Hbond substituents is 2. The molecular weight excluding hydrogens is 328 g/mol. The molecule has 3 rings (SSSR count). The zero-order valence-electron chi connectivity index (χ0n) is 13.8. The van der Waals surface area contributed by atoms with Crippen LogP contribution in [0.1, 0.15) is 0 Å². The van der Waals surface area contributed by atoms with E-state index in [0.29, 0.717) is 5.75 Å². The molecule has 7 heteroatoms. The van der Waals surface area contributed by atoms with E-state index in [0.717, 1.165) is 0 Å². The largest absolute Gasteiger partial charge is 0.507 e. The van der Waals surface area contributed by atoms with Crippen molar-refractivity contribution in [3.05, 3.63) is 40.6 Å². The number of methoxy groups -OCH3 is 3. The van der Waals surface area contributed by atoms with E-state index in [2.05, 4.69) is 0 Å². The highest BCUT2D eigenvalue weighted by molar-refractivity contribution is 5.92. The van der Waals surface area contributed by atoms with E-state index in [1.807, 2.05) is 0 Å². The molecule has 0 radical (unpaired) electrons. The first-order chi connectivity index (χ1) is 12.0. The molecule has 0 saturated carbocycles. The van der Waals surface area contributed by atoms with Crippen molar-refractivity contribution in [1.82, 2.24) is 0 Å². The lowest BCUT2D eigenvalue weighted by Crippen LogP contribution is -2.05. The van der Waals surface area contributed by atoms with Crippen molar-refractivity contribution in [2.24, 2.45) is 0 Å². The molecule has 1 aromatic heterocycles. The fourth-order valence-electron chi connectivity index (χ4n) is 2.67. The maximum atomic E-state index is 12.6. The van der Waals surface area contributed by atoms with Crippen molar-refractivity contribution >= 4 is 11.0 Å². The number of phenols is 2. The molecule has 0 amide bonds. The number of rotatable bonds is 4. The van der Waals surface area contributed by atoms with E-state index in [9.17, 15) is 15.0 Å². The molecule has 0 aliphatic carbocycles. The van der Waals surface area contributed by atoms with Gasteiger partial charge in [-0.1, -0.05) is 6.07 Å². The van der Waals surface area contributed by atoms with Gasteiger partial charge in [0.1, 0.15) is 34.0 Å². The van der Waals surface area contributed by atoms with E-state index < -0.39 is 5.43 Å². The van der Waals surface area contributed by atoms with Gasteiger partial charge < -0.3 is 28.8 Å². The van der Waals surface area contributed by atoms with Crippen LogP contribution >= 0.6 is 0 Å². The Morgan fingerprint density at radius 1 is 0.920 bits per heavy atom. The Labute approximate surface area is 142 Å². The summed E-state index contributed by atoms with van der Waals surface area (Å²) in [5.74, 6) is 0.310. The smallest absolute Gasteiger partial charge is 0.205 e. The van der Waals surface area contributed by atoms with Crippen LogP contribution < -0.4 is 19.6 Å². The van der Waals surface area contributed by atoms with E-state index in [1.165, 1.54) is 51.7 Å². The van der Waals surface area contributed by atoms with Crippen LogP contribution in [-0.4, -0.2) is 31.5 Å². The van der Waals surface area contributed by atoms with Crippen molar-refractivity contribution in [3.63, 3.8) is 0 Å². The van der Waals surface area contributed by atoms with E-state index in [-0.39, 0.29) is 45.3 Å². The van der Waals surface area contributed by atoms with Crippen molar-refractivity contribution in [1.29, 1.82) is 0 Å². The third kappa shape index (κ3) is 2.59. The molecule has 0 spiro atoms. The standard InChI is InChI=1S/C18H16O7/c1-22-12-8-14(23-2)17(24-3)18-16(12)11(21)7-13(25-18)15-9(19)5-4-6-10(15)20/h4-8,19-20H,1-3H3. The summed E-state index contributed by atoms with van der Waals surface area (Å²) in [6, 6.07) is 6.92. The lowest BCUT2D eigenvalue weighted by molar-refractivity contribution is 0.348. The average molecular weight is 344 g/mol. The van der Waals surface area contributed by atoms with Gasteiger partial charge in [0.05, 0.1) is 21.3 Å². The zero-order valence-corrected chi connectivity index (χ0v) is 13.8. The number of hydrogen-bond donors (Lipinski definition) is 2. The van der Waals surface area contributed by atoms with Crippen LogP contribution in [0.4, 0.5) is 0 Å². The zero-order chi connectivity index (χ0) is 18.1. The van der Waals surface area contributed by atoms with Crippen LogP contribution in [0.15, 0.2) is 39.5 Å². The summed E-state index contributed by atoms with van der Waals surface area (Å²) in [4.78, 5) is 12.6. The maximum absolute atomic E-state index is 12.6. The Bertz CT molecular complexity index is 984. The SMILES string of the molecule is COc1cc(OC)c2c(=O)cc(-c3c(O)cccc3O)oc2c1OC. The minimum atomic E-state index is -0.420. The van der Waals surface area contributed by atoms with Crippen LogP contribution in [-0.2, 0) is 0 Å². The number of fused-ring (bicyclic) bond motifs is 1. The summed E-state index contributed by atoms with van der Waals surface area (Å²) in [6.45, 7) is 0. The Morgan fingerprint density at radius 2 is 1.56 bits per heavy atom. The molecule has 130 valence electrons. The lowest BCUT2D eigenvalue weighted by Gasteiger charge is -2.14. The van der Waals surface area contributed by atoms with Crippen LogP contribution in [0.25, 0.3) is 22.3 Å². The molecule has 25 heavy (non-hydrogen) atoms. The third-order valence-corrected chi connectivity index (χ3v) is 3.80. The number of aromatic hydroxyl groups is 2. The third-order valence-electron chi connectivity index (χ3n) is 3.80. The van der Waals surface area contributed by atoms with Crippen molar-refractivity contribution < 1.29 is 28.8 Å². The first-order valence-corrected chi connectivity index (χ1v) is 7.30. The summed E-state index contributed by atoms with van der Waals surface area (Å²) in [6.07, 6.45) is 0. The van der Waals surface area contributed by atoms with Crippen LogP contribution in [0.2, 0.25) is 0 Å². The molecule has 2 aromatic carbocycles. The van der Waals surface area contributed by atoms with Crippen molar-refractivity contribution in [2.75, 3.05) is 21.3 Å². The first-order valence-electron chi connectivity index (χ1n) is 7.30. The van der Waals surface area contributed by atoms with Gasteiger partial charge in [0.2, 0.25) is 5.75 Å². The Kier molecular flexibility index (Phi) is 4.14. The Hall–Kier alpha value is -3.35. The summed E-state index contributed by atoms with van der Waals surface area (Å²) in [5, 5.41) is 20.2. The minimum absolute atomic E-state index is 0.00494. The van der Waals surface area contributed by atoms with Gasteiger partial charge in [-0.05, 0) is 12.1 Å². The normalized spacial score (nSPS) is 10.7. The molecule has 7 nitrogen and oxygen atoms in total. The van der Waals surface area contributed by atoms with Gasteiger partial charge >= 0.3 is 0 Å². The summed E-state index contributed by atoms with van der Waals surface area (Å²) in [7, 11) is 4.27. The van der Waals surface area contributed by atoms with E-state index in [4.69, 9.17) is 18.6 Å². The predicted octanol–water partition coefficient (Wildman–Crippen LogP) is 2.90. The van der Waals surface area contributed by atoms with Gasteiger partial charge in [0.15, 0.2) is 16.8 Å². The minimum Gasteiger partial charge on any atom is -0.507 e. The number of hydrogen-bond acceptors (Lipinski definition) is 7. The van der Waals surface area contributed by atoms with Gasteiger partial charge in [0, 0.05) is 12.1 Å². The van der Waals surface area contributed by atoms with Gasteiger partial charge in [-0.3, -0.25) is 4.79 Å².